The molecule has 0 saturated carbocycles. The summed E-state index contributed by atoms with van der Waals surface area (Å²) in [6, 6.07) is 3.17. The fourth-order valence-electron chi connectivity index (χ4n) is 2.03. The van der Waals surface area contributed by atoms with Crippen LogP contribution in [0.15, 0.2) is 18.2 Å². The van der Waals surface area contributed by atoms with Gasteiger partial charge in [-0.15, -0.1) is 0 Å². The van der Waals surface area contributed by atoms with Crippen molar-refractivity contribution in [1.82, 2.24) is 5.32 Å². The average Bonchev–Trinajstić information content (AvgIpc) is 2.32. The highest BCUT2D eigenvalue weighted by atomic mass is 35.5. The molecular formula is C13H14ClFN2O2. The first-order chi connectivity index (χ1) is 8.90. The summed E-state index contributed by atoms with van der Waals surface area (Å²) in [7, 11) is 0. The molecule has 1 heterocycles. The number of piperazine rings is 1. The highest BCUT2D eigenvalue weighted by Crippen LogP contribution is 2.28. The maximum Gasteiger partial charge on any atom is 0.250 e. The Bertz CT molecular complexity index is 533. The zero-order valence-electron chi connectivity index (χ0n) is 10.6. The van der Waals surface area contributed by atoms with Gasteiger partial charge < -0.3 is 5.32 Å². The Morgan fingerprint density at radius 1 is 1.42 bits per heavy atom. The molecule has 0 aromatic heterocycles. The van der Waals surface area contributed by atoms with E-state index in [1.165, 1.54) is 17.0 Å². The molecule has 19 heavy (non-hydrogen) atoms. The van der Waals surface area contributed by atoms with Crippen molar-refractivity contribution in [1.29, 1.82) is 0 Å². The van der Waals surface area contributed by atoms with Gasteiger partial charge in [-0.3, -0.25) is 14.5 Å². The van der Waals surface area contributed by atoms with Crippen LogP contribution in [0.3, 0.4) is 0 Å². The number of benzene rings is 1. The fraction of sp³-hybridized carbons (Fsp3) is 0.385. The van der Waals surface area contributed by atoms with Gasteiger partial charge in [0.2, 0.25) is 11.8 Å². The smallest absolute Gasteiger partial charge is 0.250 e. The van der Waals surface area contributed by atoms with E-state index in [1.807, 2.05) is 13.8 Å². The largest absolute Gasteiger partial charge is 0.342 e. The van der Waals surface area contributed by atoms with Gasteiger partial charge in [0.25, 0.3) is 0 Å². The van der Waals surface area contributed by atoms with Crippen LogP contribution in [0.25, 0.3) is 0 Å². The Morgan fingerprint density at radius 3 is 2.68 bits per heavy atom. The summed E-state index contributed by atoms with van der Waals surface area (Å²) in [5.41, 5.74) is 0.355. The van der Waals surface area contributed by atoms with Crippen LogP contribution in [0.4, 0.5) is 10.1 Å². The highest BCUT2D eigenvalue weighted by molar-refractivity contribution is 6.34. The van der Waals surface area contributed by atoms with Crippen LogP contribution in [0.5, 0.6) is 0 Å². The molecule has 2 amide bonds. The van der Waals surface area contributed by atoms with Gasteiger partial charge in [0, 0.05) is 0 Å². The van der Waals surface area contributed by atoms with E-state index in [0.717, 1.165) is 6.07 Å². The van der Waals surface area contributed by atoms with E-state index in [2.05, 4.69) is 5.32 Å². The number of nitrogens with zero attached hydrogens (tertiary/aromatic N) is 1. The molecule has 1 aliphatic heterocycles. The van der Waals surface area contributed by atoms with E-state index in [-0.39, 0.29) is 29.3 Å². The molecule has 0 aliphatic carbocycles. The SMILES string of the molecule is CC(C)C1NC(=O)CN(c2ccc(F)cc2Cl)C1=O. The molecule has 1 saturated heterocycles. The first-order valence-corrected chi connectivity index (χ1v) is 6.33. The van der Waals surface area contributed by atoms with E-state index < -0.39 is 11.9 Å². The highest BCUT2D eigenvalue weighted by Gasteiger charge is 2.35. The second-order valence-electron chi connectivity index (χ2n) is 4.81. The van der Waals surface area contributed by atoms with Crippen LogP contribution in [0.1, 0.15) is 13.8 Å². The van der Waals surface area contributed by atoms with Crippen molar-refractivity contribution in [2.45, 2.75) is 19.9 Å². The Hall–Kier alpha value is -1.62. The van der Waals surface area contributed by atoms with Crippen LogP contribution in [0, 0.1) is 11.7 Å². The van der Waals surface area contributed by atoms with Crippen molar-refractivity contribution in [3.8, 4) is 0 Å². The van der Waals surface area contributed by atoms with Crippen molar-refractivity contribution >= 4 is 29.1 Å². The lowest BCUT2D eigenvalue weighted by Gasteiger charge is -2.34. The van der Waals surface area contributed by atoms with Crippen LogP contribution in [0.2, 0.25) is 5.02 Å². The predicted molar refractivity (Wildman–Crippen MR) is 70.5 cm³/mol. The Balaban J connectivity index is 2.37. The van der Waals surface area contributed by atoms with Crippen molar-refractivity contribution in [3.63, 3.8) is 0 Å². The van der Waals surface area contributed by atoms with Gasteiger partial charge >= 0.3 is 0 Å². The maximum atomic E-state index is 13.0. The number of carbonyl (C=O) groups is 2. The molecule has 4 nitrogen and oxygen atoms in total. The molecule has 0 bridgehead atoms. The van der Waals surface area contributed by atoms with Crippen LogP contribution < -0.4 is 10.2 Å². The number of hydrogen-bond donors (Lipinski definition) is 1. The third kappa shape index (κ3) is 2.71. The fourth-order valence-corrected chi connectivity index (χ4v) is 2.30. The molecule has 102 valence electrons. The monoisotopic (exact) mass is 284 g/mol. The van der Waals surface area contributed by atoms with Gasteiger partial charge in [-0.05, 0) is 24.1 Å². The van der Waals surface area contributed by atoms with Crippen molar-refractivity contribution in [2.75, 3.05) is 11.4 Å². The number of anilines is 1. The molecule has 1 fully saturated rings. The minimum Gasteiger partial charge on any atom is -0.342 e. The lowest BCUT2D eigenvalue weighted by molar-refractivity contribution is -0.132. The molecule has 0 radical (unpaired) electrons. The number of nitrogens with one attached hydrogen (secondary N) is 1. The van der Waals surface area contributed by atoms with E-state index in [4.69, 9.17) is 11.6 Å². The first kappa shape index (κ1) is 13.8. The lowest BCUT2D eigenvalue weighted by Crippen LogP contribution is -2.60. The van der Waals surface area contributed by atoms with Crippen LogP contribution in [-0.2, 0) is 9.59 Å². The van der Waals surface area contributed by atoms with E-state index in [9.17, 15) is 14.0 Å². The van der Waals surface area contributed by atoms with E-state index in [1.54, 1.807) is 0 Å². The summed E-state index contributed by atoms with van der Waals surface area (Å²) < 4.78 is 13.0. The number of rotatable bonds is 2. The summed E-state index contributed by atoms with van der Waals surface area (Å²) >= 11 is 5.94. The van der Waals surface area contributed by atoms with Gasteiger partial charge in [0.15, 0.2) is 0 Å². The standard InChI is InChI=1S/C13H14ClFN2O2/c1-7(2)12-13(19)17(6-11(18)16-12)10-4-3-8(15)5-9(10)14/h3-5,7,12H,6H2,1-2H3,(H,16,18). The summed E-state index contributed by atoms with van der Waals surface area (Å²) in [4.78, 5) is 25.3. The molecule has 1 aliphatic rings. The molecule has 1 atom stereocenters. The second-order valence-corrected chi connectivity index (χ2v) is 5.22. The summed E-state index contributed by atoms with van der Waals surface area (Å²) in [6.07, 6.45) is 0. The Labute approximate surface area is 115 Å². The van der Waals surface area contributed by atoms with Crippen molar-refractivity contribution < 1.29 is 14.0 Å². The quantitative estimate of drug-likeness (QED) is 0.903. The number of carbonyl (C=O) groups excluding carboxylic acids is 2. The third-order valence-corrected chi connectivity index (χ3v) is 3.32. The van der Waals surface area contributed by atoms with Crippen LogP contribution >= 0.6 is 11.6 Å². The normalized spacial score (nSPS) is 19.8. The minimum absolute atomic E-state index is 0.0292. The summed E-state index contributed by atoms with van der Waals surface area (Å²) in [6.45, 7) is 3.59. The molecule has 1 N–H and O–H groups in total. The molecule has 2 rings (SSSR count). The van der Waals surface area contributed by atoms with Gasteiger partial charge in [0.05, 0.1) is 10.7 Å². The molecule has 1 aromatic carbocycles. The minimum atomic E-state index is -0.581. The second kappa shape index (κ2) is 5.17. The average molecular weight is 285 g/mol. The predicted octanol–water partition coefficient (Wildman–Crippen LogP) is 1.97. The third-order valence-electron chi connectivity index (χ3n) is 3.02. The molecule has 1 unspecified atom stereocenters. The zero-order chi connectivity index (χ0) is 14.2. The first-order valence-electron chi connectivity index (χ1n) is 5.96. The zero-order valence-corrected chi connectivity index (χ0v) is 11.4. The Kier molecular flexibility index (Phi) is 3.75. The molecule has 6 heteroatoms. The number of halogens is 2. The number of hydrogen-bond acceptors (Lipinski definition) is 2. The summed E-state index contributed by atoms with van der Waals surface area (Å²) in [5, 5.41) is 2.77. The summed E-state index contributed by atoms with van der Waals surface area (Å²) in [5.74, 6) is -0.997. The lowest BCUT2D eigenvalue weighted by atomic mass is 10.0. The van der Waals surface area contributed by atoms with E-state index in [0.29, 0.717) is 5.69 Å². The maximum absolute atomic E-state index is 13.0. The molecule has 1 aromatic rings. The topological polar surface area (TPSA) is 49.4 Å². The van der Waals surface area contributed by atoms with Crippen LogP contribution in [-0.4, -0.2) is 24.4 Å². The van der Waals surface area contributed by atoms with Gasteiger partial charge in [-0.25, -0.2) is 4.39 Å². The molecule has 0 spiro atoms. The van der Waals surface area contributed by atoms with Gasteiger partial charge in [0.1, 0.15) is 18.4 Å². The Morgan fingerprint density at radius 2 is 2.11 bits per heavy atom. The van der Waals surface area contributed by atoms with Gasteiger partial charge in [-0.1, -0.05) is 25.4 Å². The van der Waals surface area contributed by atoms with Crippen molar-refractivity contribution in [2.24, 2.45) is 5.92 Å². The number of amides is 2. The van der Waals surface area contributed by atoms with Gasteiger partial charge in [-0.2, -0.15) is 0 Å². The molecular weight excluding hydrogens is 271 g/mol. The van der Waals surface area contributed by atoms with E-state index >= 15 is 0 Å². The van der Waals surface area contributed by atoms with Crippen molar-refractivity contribution in [3.05, 3.63) is 29.0 Å².